The maximum atomic E-state index is 12.1. The number of rotatable bonds is 6. The number of carbonyl (C=O) groups is 1. The fourth-order valence-corrected chi connectivity index (χ4v) is 2.03. The molecule has 0 heterocycles. The van der Waals surface area contributed by atoms with Gasteiger partial charge >= 0.3 is 0 Å². The van der Waals surface area contributed by atoms with E-state index in [0.717, 1.165) is 11.3 Å². The minimum Gasteiger partial charge on any atom is -0.385 e. The lowest BCUT2D eigenvalue weighted by atomic mass is 9.95. The fraction of sp³-hybridized carbons (Fsp3) is 0.235. The van der Waals surface area contributed by atoms with Crippen molar-refractivity contribution in [1.29, 1.82) is 0 Å². The van der Waals surface area contributed by atoms with Crippen LogP contribution in [0.2, 0.25) is 0 Å². The van der Waals surface area contributed by atoms with E-state index in [4.69, 9.17) is 0 Å². The van der Waals surface area contributed by atoms with E-state index in [2.05, 4.69) is 5.32 Å². The number of Topliss-reactive ketones (excluding diaryl/α,β-unsaturated/α-hetero) is 1. The molecule has 1 atom stereocenters. The highest BCUT2D eigenvalue weighted by molar-refractivity contribution is 5.85. The molecule has 0 aliphatic carbocycles. The van der Waals surface area contributed by atoms with E-state index < -0.39 is 0 Å². The third-order valence-corrected chi connectivity index (χ3v) is 3.26. The van der Waals surface area contributed by atoms with Crippen LogP contribution < -0.4 is 5.32 Å². The van der Waals surface area contributed by atoms with Gasteiger partial charge in [0.2, 0.25) is 0 Å². The smallest absolute Gasteiger partial charge is 0.141 e. The lowest BCUT2D eigenvalue weighted by Gasteiger charge is -2.11. The average Bonchev–Trinajstić information content (AvgIpc) is 2.48. The fourth-order valence-electron chi connectivity index (χ4n) is 2.03. The van der Waals surface area contributed by atoms with Crippen molar-refractivity contribution in [1.82, 2.24) is 0 Å². The van der Waals surface area contributed by atoms with Crippen LogP contribution in [0, 0.1) is 0 Å². The summed E-state index contributed by atoms with van der Waals surface area (Å²) in [5.41, 5.74) is 2.15. The molecule has 0 saturated carbocycles. The van der Waals surface area contributed by atoms with Gasteiger partial charge in [-0.05, 0) is 17.7 Å². The van der Waals surface area contributed by atoms with Gasteiger partial charge in [0, 0.05) is 24.6 Å². The quantitative estimate of drug-likeness (QED) is 0.847. The van der Waals surface area contributed by atoms with Crippen molar-refractivity contribution < 1.29 is 4.79 Å². The van der Waals surface area contributed by atoms with Crippen LogP contribution in [0.3, 0.4) is 0 Å². The van der Waals surface area contributed by atoms with Crippen LogP contribution in [0.4, 0.5) is 5.69 Å². The van der Waals surface area contributed by atoms with Crippen molar-refractivity contribution in [2.45, 2.75) is 19.3 Å². The number of ketones is 1. The SMILES string of the molecule is CC(C(=O)CCNc1ccccc1)c1ccccc1. The predicted molar refractivity (Wildman–Crippen MR) is 79.4 cm³/mol. The van der Waals surface area contributed by atoms with Crippen LogP contribution >= 0.6 is 0 Å². The minimum absolute atomic E-state index is 0.0289. The van der Waals surface area contributed by atoms with Gasteiger partial charge in [-0.3, -0.25) is 4.79 Å². The number of benzene rings is 2. The zero-order valence-corrected chi connectivity index (χ0v) is 11.2. The monoisotopic (exact) mass is 253 g/mol. The van der Waals surface area contributed by atoms with Gasteiger partial charge in [0.1, 0.15) is 5.78 Å². The summed E-state index contributed by atoms with van der Waals surface area (Å²) in [6.07, 6.45) is 0.547. The molecule has 2 rings (SSSR count). The van der Waals surface area contributed by atoms with Gasteiger partial charge < -0.3 is 5.32 Å². The summed E-state index contributed by atoms with van der Waals surface area (Å²) in [5.74, 6) is 0.244. The first kappa shape index (κ1) is 13.3. The normalized spacial score (nSPS) is 11.8. The van der Waals surface area contributed by atoms with Gasteiger partial charge in [0.15, 0.2) is 0 Å². The molecule has 98 valence electrons. The van der Waals surface area contributed by atoms with Crippen molar-refractivity contribution in [3.05, 3.63) is 66.2 Å². The Hall–Kier alpha value is -2.09. The van der Waals surface area contributed by atoms with Gasteiger partial charge in [-0.1, -0.05) is 55.5 Å². The summed E-state index contributed by atoms with van der Waals surface area (Å²) in [4.78, 5) is 12.1. The van der Waals surface area contributed by atoms with Crippen LogP contribution in [0.5, 0.6) is 0 Å². The van der Waals surface area contributed by atoms with Crippen LogP contribution in [0.1, 0.15) is 24.8 Å². The number of nitrogens with one attached hydrogen (secondary N) is 1. The van der Waals surface area contributed by atoms with E-state index in [9.17, 15) is 4.79 Å². The summed E-state index contributed by atoms with van der Waals surface area (Å²) in [5, 5.41) is 3.26. The Kier molecular flexibility index (Phi) is 4.73. The van der Waals surface area contributed by atoms with Gasteiger partial charge in [0.25, 0.3) is 0 Å². The molecule has 2 aromatic rings. The molecule has 0 fully saturated rings. The second-order valence-corrected chi connectivity index (χ2v) is 4.64. The zero-order valence-electron chi connectivity index (χ0n) is 11.2. The van der Waals surface area contributed by atoms with Crippen LogP contribution in [-0.2, 0) is 4.79 Å². The van der Waals surface area contributed by atoms with E-state index in [0.29, 0.717) is 13.0 Å². The summed E-state index contributed by atoms with van der Waals surface area (Å²) >= 11 is 0. The Bertz CT molecular complexity index is 507. The highest BCUT2D eigenvalue weighted by Gasteiger charge is 2.13. The van der Waals surface area contributed by atoms with E-state index >= 15 is 0 Å². The van der Waals surface area contributed by atoms with Crippen LogP contribution in [0.25, 0.3) is 0 Å². The van der Waals surface area contributed by atoms with Crippen molar-refractivity contribution in [3.63, 3.8) is 0 Å². The molecule has 1 unspecified atom stereocenters. The first-order valence-corrected chi connectivity index (χ1v) is 6.64. The van der Waals surface area contributed by atoms with Crippen LogP contribution in [-0.4, -0.2) is 12.3 Å². The topological polar surface area (TPSA) is 29.1 Å². The van der Waals surface area contributed by atoms with Crippen molar-refractivity contribution in [2.75, 3.05) is 11.9 Å². The van der Waals surface area contributed by atoms with E-state index in [1.807, 2.05) is 67.6 Å². The lowest BCUT2D eigenvalue weighted by Crippen LogP contribution is -2.14. The number of hydrogen-bond donors (Lipinski definition) is 1. The second-order valence-electron chi connectivity index (χ2n) is 4.64. The third kappa shape index (κ3) is 3.95. The van der Waals surface area contributed by atoms with E-state index in [1.165, 1.54) is 0 Å². The predicted octanol–water partition coefficient (Wildman–Crippen LogP) is 3.86. The molecule has 2 nitrogen and oxygen atoms in total. The summed E-state index contributed by atoms with van der Waals surface area (Å²) in [6, 6.07) is 19.9. The van der Waals surface area contributed by atoms with Crippen molar-refractivity contribution in [2.24, 2.45) is 0 Å². The summed E-state index contributed by atoms with van der Waals surface area (Å²) < 4.78 is 0. The molecule has 0 bridgehead atoms. The second kappa shape index (κ2) is 6.74. The highest BCUT2D eigenvalue weighted by atomic mass is 16.1. The molecule has 0 spiro atoms. The Morgan fingerprint density at radius 3 is 2.21 bits per heavy atom. The van der Waals surface area contributed by atoms with Crippen molar-refractivity contribution in [3.8, 4) is 0 Å². The molecular formula is C17H19NO. The molecule has 19 heavy (non-hydrogen) atoms. The van der Waals surface area contributed by atoms with E-state index in [-0.39, 0.29) is 11.7 Å². The molecule has 0 aliphatic heterocycles. The highest BCUT2D eigenvalue weighted by Crippen LogP contribution is 2.17. The lowest BCUT2D eigenvalue weighted by molar-refractivity contribution is -0.119. The molecule has 0 aromatic heterocycles. The third-order valence-electron chi connectivity index (χ3n) is 3.26. The average molecular weight is 253 g/mol. The number of para-hydroxylation sites is 1. The number of hydrogen-bond acceptors (Lipinski definition) is 2. The van der Waals surface area contributed by atoms with Crippen LogP contribution in [0.15, 0.2) is 60.7 Å². The minimum atomic E-state index is -0.0289. The Morgan fingerprint density at radius 1 is 1.00 bits per heavy atom. The Labute approximate surface area is 114 Å². The molecule has 0 saturated heterocycles. The summed E-state index contributed by atoms with van der Waals surface area (Å²) in [7, 11) is 0. The standard InChI is InChI=1S/C17H19NO/c1-14(15-8-4-2-5-9-15)17(19)12-13-18-16-10-6-3-7-11-16/h2-11,14,18H,12-13H2,1H3. The molecule has 0 amide bonds. The van der Waals surface area contributed by atoms with Crippen molar-refractivity contribution >= 4 is 11.5 Å². The molecule has 1 N–H and O–H groups in total. The molecule has 2 heteroatoms. The molecule has 0 radical (unpaired) electrons. The molecule has 2 aromatic carbocycles. The number of carbonyl (C=O) groups excluding carboxylic acids is 1. The maximum absolute atomic E-state index is 12.1. The molecular weight excluding hydrogens is 234 g/mol. The van der Waals surface area contributed by atoms with Gasteiger partial charge in [0.05, 0.1) is 0 Å². The number of anilines is 1. The first-order chi connectivity index (χ1) is 9.27. The zero-order chi connectivity index (χ0) is 13.5. The van der Waals surface area contributed by atoms with Gasteiger partial charge in [-0.15, -0.1) is 0 Å². The first-order valence-electron chi connectivity index (χ1n) is 6.64. The maximum Gasteiger partial charge on any atom is 0.141 e. The largest absolute Gasteiger partial charge is 0.385 e. The summed E-state index contributed by atoms with van der Waals surface area (Å²) in [6.45, 7) is 2.65. The Morgan fingerprint density at radius 2 is 1.58 bits per heavy atom. The Balaban J connectivity index is 1.82. The van der Waals surface area contributed by atoms with E-state index in [1.54, 1.807) is 0 Å². The van der Waals surface area contributed by atoms with Gasteiger partial charge in [-0.25, -0.2) is 0 Å². The van der Waals surface area contributed by atoms with Gasteiger partial charge in [-0.2, -0.15) is 0 Å². The molecule has 0 aliphatic rings.